The van der Waals surface area contributed by atoms with Crippen molar-refractivity contribution in [1.82, 2.24) is 9.88 Å². The summed E-state index contributed by atoms with van der Waals surface area (Å²) in [6.07, 6.45) is 7.99. The Bertz CT molecular complexity index is 776. The molecule has 3 rings (SSSR count). The van der Waals surface area contributed by atoms with Gasteiger partial charge in [-0.05, 0) is 57.2 Å². The quantitative estimate of drug-likeness (QED) is 0.753. The van der Waals surface area contributed by atoms with Gasteiger partial charge in [-0.3, -0.25) is 4.90 Å². The lowest BCUT2D eigenvalue weighted by Gasteiger charge is -2.35. The van der Waals surface area contributed by atoms with Crippen molar-refractivity contribution in [3.8, 4) is 0 Å². The number of aryl methyl sites for hydroxylation is 1. The van der Waals surface area contributed by atoms with Gasteiger partial charge < -0.3 is 9.72 Å². The van der Waals surface area contributed by atoms with Gasteiger partial charge in [0, 0.05) is 23.1 Å². The molecule has 1 aromatic carbocycles. The molecule has 0 fully saturated rings. The van der Waals surface area contributed by atoms with Crippen LogP contribution in [0.1, 0.15) is 56.0 Å². The maximum atomic E-state index is 12.4. The van der Waals surface area contributed by atoms with Crippen molar-refractivity contribution < 1.29 is 9.53 Å². The number of carbonyl (C=O) groups excluding carboxylic acids is 1. The van der Waals surface area contributed by atoms with Crippen LogP contribution in [0.25, 0.3) is 10.9 Å². The summed E-state index contributed by atoms with van der Waals surface area (Å²) in [7, 11) is 0. The molecule has 1 aromatic heterocycles. The molecule has 0 aliphatic carbocycles. The first kappa shape index (κ1) is 17.6. The lowest BCUT2D eigenvalue weighted by Crippen LogP contribution is -2.40. The minimum absolute atomic E-state index is 0.0528. The van der Waals surface area contributed by atoms with Crippen LogP contribution in [-0.4, -0.2) is 29.1 Å². The van der Waals surface area contributed by atoms with Gasteiger partial charge in [-0.25, -0.2) is 4.79 Å². The van der Waals surface area contributed by atoms with E-state index in [1.54, 1.807) is 0 Å². The minimum atomic E-state index is -0.201. The van der Waals surface area contributed by atoms with Gasteiger partial charge in [-0.15, -0.1) is 0 Å². The topological polar surface area (TPSA) is 45.3 Å². The summed E-state index contributed by atoms with van der Waals surface area (Å²) < 4.78 is 5.30. The molecular weight excluding hydrogens is 312 g/mol. The third kappa shape index (κ3) is 3.58. The summed E-state index contributed by atoms with van der Waals surface area (Å²) in [5, 5.41) is 1.30. The number of hydrogen-bond acceptors (Lipinski definition) is 2. The van der Waals surface area contributed by atoms with Gasteiger partial charge in [0.1, 0.15) is 0 Å². The maximum absolute atomic E-state index is 12.4. The van der Waals surface area contributed by atoms with Gasteiger partial charge in [0.15, 0.2) is 0 Å². The molecule has 1 N–H and O–H groups in total. The van der Waals surface area contributed by atoms with Crippen LogP contribution in [0.3, 0.4) is 0 Å². The number of nitrogens with zero attached hydrogens (tertiary/aromatic N) is 1. The lowest BCUT2D eigenvalue weighted by atomic mass is 9.94. The van der Waals surface area contributed by atoms with E-state index in [0.717, 1.165) is 37.7 Å². The van der Waals surface area contributed by atoms with E-state index in [1.165, 1.54) is 22.2 Å². The number of rotatable bonds is 5. The van der Waals surface area contributed by atoms with Crippen LogP contribution in [-0.2, 0) is 11.2 Å². The van der Waals surface area contributed by atoms with Crippen LogP contribution in [0.15, 0.2) is 30.4 Å². The number of ether oxygens (including phenoxy) is 1. The number of fused-ring (bicyclic) bond motifs is 3. The Hall–Kier alpha value is -2.23. The average Bonchev–Trinajstić information content (AvgIpc) is 2.97. The normalized spacial score (nSPS) is 17.2. The zero-order valence-corrected chi connectivity index (χ0v) is 15.5. The molecule has 1 aliphatic rings. The molecule has 1 amide bonds. The Morgan fingerprint density at radius 3 is 2.96 bits per heavy atom. The highest BCUT2D eigenvalue weighted by Gasteiger charge is 2.33. The van der Waals surface area contributed by atoms with Gasteiger partial charge in [-0.2, -0.15) is 0 Å². The van der Waals surface area contributed by atoms with Gasteiger partial charge in [0.2, 0.25) is 0 Å². The molecule has 0 saturated carbocycles. The molecule has 1 unspecified atom stereocenters. The lowest BCUT2D eigenvalue weighted by molar-refractivity contribution is 0.0839. The second kappa shape index (κ2) is 7.77. The number of carbonyl (C=O) groups is 1. The molecule has 1 aliphatic heterocycles. The third-order valence-corrected chi connectivity index (χ3v) is 4.92. The Kier molecular flexibility index (Phi) is 5.47. The standard InChI is InChI=1S/C21H28N2O2/c1-4-6-7-8-9-19-20-16(12-13-23(19)21(24)25-5-2)17-14-15(3)10-11-18(17)22-20/h6-7,10-11,14,19,22H,4-5,8-9,12-13H2,1-3H3/b7-6+. The molecular formula is C21H28N2O2. The summed E-state index contributed by atoms with van der Waals surface area (Å²) in [5.74, 6) is 0. The average molecular weight is 340 g/mol. The fourth-order valence-corrected chi connectivity index (χ4v) is 3.74. The third-order valence-electron chi connectivity index (χ3n) is 4.92. The second-order valence-corrected chi connectivity index (χ2v) is 6.68. The van der Waals surface area contributed by atoms with E-state index in [4.69, 9.17) is 4.74 Å². The fraction of sp³-hybridized carbons (Fsp3) is 0.476. The van der Waals surface area contributed by atoms with Crippen molar-refractivity contribution in [2.45, 2.75) is 52.5 Å². The van der Waals surface area contributed by atoms with Crippen LogP contribution in [0.4, 0.5) is 4.79 Å². The second-order valence-electron chi connectivity index (χ2n) is 6.68. The van der Waals surface area contributed by atoms with Gasteiger partial charge in [-0.1, -0.05) is 30.7 Å². The number of benzene rings is 1. The number of allylic oxidation sites excluding steroid dienone is 2. The molecule has 0 spiro atoms. The number of hydrogen-bond donors (Lipinski definition) is 1. The smallest absolute Gasteiger partial charge is 0.410 e. The minimum Gasteiger partial charge on any atom is -0.450 e. The van der Waals surface area contributed by atoms with Crippen molar-refractivity contribution in [3.63, 3.8) is 0 Å². The first-order valence-corrected chi connectivity index (χ1v) is 9.35. The van der Waals surface area contributed by atoms with E-state index < -0.39 is 0 Å². The molecule has 2 heterocycles. The Morgan fingerprint density at radius 1 is 1.36 bits per heavy atom. The number of amides is 1. The summed E-state index contributed by atoms with van der Waals surface area (Å²) in [6.45, 7) is 7.25. The van der Waals surface area contributed by atoms with Gasteiger partial charge in [0.05, 0.1) is 12.6 Å². The number of nitrogens with one attached hydrogen (secondary N) is 1. The van der Waals surface area contributed by atoms with E-state index in [1.807, 2.05) is 11.8 Å². The van der Waals surface area contributed by atoms with E-state index in [2.05, 4.69) is 49.2 Å². The molecule has 2 aromatic rings. The molecule has 134 valence electrons. The van der Waals surface area contributed by atoms with Crippen molar-refractivity contribution in [2.24, 2.45) is 0 Å². The van der Waals surface area contributed by atoms with Crippen LogP contribution >= 0.6 is 0 Å². The van der Waals surface area contributed by atoms with Crippen molar-refractivity contribution in [3.05, 3.63) is 47.2 Å². The first-order valence-electron chi connectivity index (χ1n) is 9.35. The van der Waals surface area contributed by atoms with Crippen LogP contribution in [0.5, 0.6) is 0 Å². The van der Waals surface area contributed by atoms with Crippen LogP contribution in [0.2, 0.25) is 0 Å². The fourth-order valence-electron chi connectivity index (χ4n) is 3.74. The van der Waals surface area contributed by atoms with Crippen molar-refractivity contribution in [2.75, 3.05) is 13.2 Å². The first-order chi connectivity index (χ1) is 12.2. The van der Waals surface area contributed by atoms with E-state index in [0.29, 0.717) is 6.61 Å². The summed E-state index contributed by atoms with van der Waals surface area (Å²) in [4.78, 5) is 17.9. The van der Waals surface area contributed by atoms with E-state index in [9.17, 15) is 4.79 Å². The zero-order valence-electron chi connectivity index (χ0n) is 15.5. The van der Waals surface area contributed by atoms with E-state index in [-0.39, 0.29) is 12.1 Å². The highest BCUT2D eigenvalue weighted by molar-refractivity contribution is 5.86. The van der Waals surface area contributed by atoms with Crippen LogP contribution < -0.4 is 0 Å². The van der Waals surface area contributed by atoms with Gasteiger partial charge in [0.25, 0.3) is 0 Å². The Morgan fingerprint density at radius 2 is 2.20 bits per heavy atom. The highest BCUT2D eigenvalue weighted by atomic mass is 16.6. The van der Waals surface area contributed by atoms with E-state index >= 15 is 0 Å². The van der Waals surface area contributed by atoms with Crippen molar-refractivity contribution >= 4 is 17.0 Å². The highest BCUT2D eigenvalue weighted by Crippen LogP contribution is 2.37. The SMILES string of the molecule is CC/C=C/CCC1c2[nH]c3ccc(C)cc3c2CCN1C(=O)OCC. The largest absolute Gasteiger partial charge is 0.450 e. The number of aromatic amines is 1. The molecule has 4 nitrogen and oxygen atoms in total. The molecule has 4 heteroatoms. The molecule has 0 radical (unpaired) electrons. The summed E-state index contributed by atoms with van der Waals surface area (Å²) >= 11 is 0. The van der Waals surface area contributed by atoms with Crippen LogP contribution in [0, 0.1) is 6.92 Å². The summed E-state index contributed by atoms with van der Waals surface area (Å²) in [5.41, 5.74) is 4.98. The van der Waals surface area contributed by atoms with Crippen molar-refractivity contribution in [1.29, 1.82) is 0 Å². The molecule has 25 heavy (non-hydrogen) atoms. The molecule has 1 atom stereocenters. The number of aromatic nitrogens is 1. The molecule has 0 bridgehead atoms. The predicted octanol–water partition coefficient (Wildman–Crippen LogP) is 5.28. The Labute approximate surface area is 149 Å². The maximum Gasteiger partial charge on any atom is 0.410 e. The zero-order chi connectivity index (χ0) is 17.8. The predicted molar refractivity (Wildman–Crippen MR) is 102 cm³/mol. The monoisotopic (exact) mass is 340 g/mol. The Balaban J connectivity index is 1.96. The summed E-state index contributed by atoms with van der Waals surface area (Å²) in [6, 6.07) is 6.58. The number of H-pyrrole nitrogens is 1. The molecule has 0 saturated heterocycles. The van der Waals surface area contributed by atoms with Gasteiger partial charge >= 0.3 is 6.09 Å².